The van der Waals surface area contributed by atoms with Gasteiger partial charge in [-0.3, -0.25) is 15.6 Å². The zero-order chi connectivity index (χ0) is 17.1. The zero-order valence-electron chi connectivity index (χ0n) is 12.8. The highest BCUT2D eigenvalue weighted by atomic mass is 32.1. The van der Waals surface area contributed by atoms with Crippen LogP contribution in [0.1, 0.15) is 37.8 Å². The molecule has 0 radical (unpaired) electrons. The number of hydrazine groups is 1. The van der Waals surface area contributed by atoms with Crippen molar-refractivity contribution in [3.05, 3.63) is 40.2 Å². The Balaban J connectivity index is 1.66. The minimum absolute atomic E-state index is 0.163. The molecule has 2 heterocycles. The van der Waals surface area contributed by atoms with Crippen molar-refractivity contribution >= 4 is 45.5 Å². The number of hydrogen-bond donors (Lipinski definition) is 3. The van der Waals surface area contributed by atoms with Gasteiger partial charge in [0.25, 0.3) is 0 Å². The molecule has 2 aromatic rings. The lowest BCUT2D eigenvalue weighted by Gasteiger charge is -2.11. The third-order valence-corrected chi connectivity index (χ3v) is 4.98. The quantitative estimate of drug-likeness (QED) is 0.436. The number of anilines is 1. The summed E-state index contributed by atoms with van der Waals surface area (Å²) in [5.41, 5.74) is 6.55. The van der Waals surface area contributed by atoms with Crippen LogP contribution in [0.4, 0.5) is 5.00 Å². The van der Waals surface area contributed by atoms with Gasteiger partial charge < -0.3 is 14.5 Å². The minimum atomic E-state index is -0.453. The summed E-state index contributed by atoms with van der Waals surface area (Å²) in [5.74, 6) is -0.680. The number of methoxy groups -OCH3 is 1. The summed E-state index contributed by atoms with van der Waals surface area (Å²) >= 11 is 6.64. The molecule has 24 heavy (non-hydrogen) atoms. The SMILES string of the molecule is COC(=O)c1c(NC(=S)NNC(=O)c2ccco2)sc2c1CCC2. The Kier molecular flexibility index (Phi) is 4.81. The van der Waals surface area contributed by atoms with Crippen molar-refractivity contribution in [2.75, 3.05) is 12.4 Å². The van der Waals surface area contributed by atoms with Crippen LogP contribution in [-0.4, -0.2) is 24.1 Å². The molecule has 0 spiro atoms. The second kappa shape index (κ2) is 7.02. The number of hydrogen-bond acceptors (Lipinski definition) is 6. The molecule has 0 fully saturated rings. The number of thiocarbonyl (C=S) groups is 1. The Labute approximate surface area is 147 Å². The van der Waals surface area contributed by atoms with E-state index in [1.165, 1.54) is 35.7 Å². The fraction of sp³-hybridized carbons (Fsp3) is 0.267. The Hall–Kier alpha value is -2.39. The van der Waals surface area contributed by atoms with Gasteiger partial charge in [-0.05, 0) is 49.2 Å². The van der Waals surface area contributed by atoms with Crippen LogP contribution in [0.15, 0.2) is 22.8 Å². The van der Waals surface area contributed by atoms with Gasteiger partial charge in [0.05, 0.1) is 18.9 Å². The highest BCUT2D eigenvalue weighted by molar-refractivity contribution is 7.80. The lowest BCUT2D eigenvalue weighted by Crippen LogP contribution is -2.43. The molecule has 7 nitrogen and oxygen atoms in total. The normalized spacial score (nSPS) is 12.4. The maximum Gasteiger partial charge on any atom is 0.341 e. The van der Waals surface area contributed by atoms with Gasteiger partial charge in [-0.25, -0.2) is 4.79 Å². The topological polar surface area (TPSA) is 92.6 Å². The number of esters is 1. The van der Waals surface area contributed by atoms with E-state index in [0.29, 0.717) is 10.6 Å². The van der Waals surface area contributed by atoms with Gasteiger partial charge in [0, 0.05) is 4.88 Å². The molecule has 1 aliphatic rings. The first-order valence-electron chi connectivity index (χ1n) is 7.24. The molecule has 3 N–H and O–H groups in total. The van der Waals surface area contributed by atoms with E-state index in [0.717, 1.165) is 24.8 Å². The van der Waals surface area contributed by atoms with E-state index >= 15 is 0 Å². The number of carbonyl (C=O) groups excluding carboxylic acids is 2. The first kappa shape index (κ1) is 16.5. The molecule has 1 amide bonds. The van der Waals surface area contributed by atoms with Gasteiger partial charge in [-0.2, -0.15) is 0 Å². The molecule has 2 aromatic heterocycles. The number of furan rings is 1. The van der Waals surface area contributed by atoms with Gasteiger partial charge in [-0.15, -0.1) is 11.3 Å². The molecule has 0 aromatic carbocycles. The molecular formula is C15H15N3O4S2. The predicted octanol–water partition coefficient (Wildman–Crippen LogP) is 2.25. The minimum Gasteiger partial charge on any atom is -0.465 e. The lowest BCUT2D eigenvalue weighted by molar-refractivity contribution is 0.0601. The average molecular weight is 365 g/mol. The van der Waals surface area contributed by atoms with Crippen LogP contribution >= 0.6 is 23.6 Å². The first-order valence-corrected chi connectivity index (χ1v) is 8.46. The summed E-state index contributed by atoms with van der Waals surface area (Å²) in [7, 11) is 1.35. The molecule has 0 aliphatic heterocycles. The lowest BCUT2D eigenvalue weighted by atomic mass is 10.1. The summed E-state index contributed by atoms with van der Waals surface area (Å²) < 4.78 is 9.85. The van der Waals surface area contributed by atoms with Crippen LogP contribution in [0.5, 0.6) is 0 Å². The summed E-state index contributed by atoms with van der Waals surface area (Å²) in [4.78, 5) is 25.0. The van der Waals surface area contributed by atoms with E-state index in [4.69, 9.17) is 21.4 Å². The highest BCUT2D eigenvalue weighted by Crippen LogP contribution is 2.39. The Bertz CT molecular complexity index is 783. The third kappa shape index (κ3) is 3.26. The number of ether oxygens (including phenoxy) is 1. The second-order valence-electron chi connectivity index (χ2n) is 5.06. The Morgan fingerprint density at radius 1 is 1.33 bits per heavy atom. The van der Waals surface area contributed by atoms with Gasteiger partial charge >= 0.3 is 11.9 Å². The molecule has 3 rings (SSSR count). The molecule has 0 unspecified atom stereocenters. The molecule has 0 bridgehead atoms. The van der Waals surface area contributed by atoms with Crippen molar-refractivity contribution in [1.29, 1.82) is 0 Å². The summed E-state index contributed by atoms with van der Waals surface area (Å²) in [6.07, 6.45) is 4.24. The van der Waals surface area contributed by atoms with E-state index in [2.05, 4.69) is 16.2 Å². The van der Waals surface area contributed by atoms with Crippen LogP contribution < -0.4 is 16.2 Å². The van der Waals surface area contributed by atoms with Crippen molar-refractivity contribution in [1.82, 2.24) is 10.9 Å². The van der Waals surface area contributed by atoms with Crippen LogP contribution in [-0.2, 0) is 17.6 Å². The smallest absolute Gasteiger partial charge is 0.341 e. The molecule has 1 aliphatic carbocycles. The van der Waals surface area contributed by atoms with Gasteiger partial charge in [-0.1, -0.05) is 0 Å². The summed E-state index contributed by atoms with van der Waals surface area (Å²) in [6, 6.07) is 3.15. The second-order valence-corrected chi connectivity index (χ2v) is 6.58. The molecule has 9 heteroatoms. The maximum absolute atomic E-state index is 12.1. The first-order chi connectivity index (χ1) is 11.6. The molecular weight excluding hydrogens is 350 g/mol. The molecule has 0 saturated carbocycles. The number of thiophene rings is 1. The van der Waals surface area contributed by atoms with Crippen molar-refractivity contribution < 1.29 is 18.7 Å². The van der Waals surface area contributed by atoms with Crippen LogP contribution in [0.25, 0.3) is 0 Å². The van der Waals surface area contributed by atoms with E-state index in [-0.39, 0.29) is 16.8 Å². The number of rotatable bonds is 3. The Morgan fingerprint density at radius 2 is 2.17 bits per heavy atom. The third-order valence-electron chi connectivity index (χ3n) is 3.57. The fourth-order valence-electron chi connectivity index (χ4n) is 2.53. The number of carbonyl (C=O) groups is 2. The van der Waals surface area contributed by atoms with E-state index in [9.17, 15) is 9.59 Å². The molecule has 126 valence electrons. The van der Waals surface area contributed by atoms with Crippen molar-refractivity contribution in [2.24, 2.45) is 0 Å². The summed E-state index contributed by atoms with van der Waals surface area (Å²) in [6.45, 7) is 0. The Morgan fingerprint density at radius 3 is 2.88 bits per heavy atom. The average Bonchev–Trinajstić information content (AvgIpc) is 3.28. The number of aryl methyl sites for hydroxylation is 1. The van der Waals surface area contributed by atoms with Crippen molar-refractivity contribution in [3.63, 3.8) is 0 Å². The maximum atomic E-state index is 12.1. The number of nitrogens with one attached hydrogen (secondary N) is 3. The van der Waals surface area contributed by atoms with Gasteiger partial charge in [0.15, 0.2) is 10.9 Å². The van der Waals surface area contributed by atoms with E-state index < -0.39 is 5.91 Å². The van der Waals surface area contributed by atoms with Crippen LogP contribution in [0.3, 0.4) is 0 Å². The van der Waals surface area contributed by atoms with Crippen molar-refractivity contribution in [3.8, 4) is 0 Å². The fourth-order valence-corrected chi connectivity index (χ4v) is 4.03. The van der Waals surface area contributed by atoms with E-state index in [1.54, 1.807) is 6.07 Å². The van der Waals surface area contributed by atoms with Gasteiger partial charge in [0.1, 0.15) is 5.00 Å². The summed E-state index contributed by atoms with van der Waals surface area (Å²) in [5, 5.41) is 3.74. The van der Waals surface area contributed by atoms with Crippen LogP contribution in [0.2, 0.25) is 0 Å². The van der Waals surface area contributed by atoms with Crippen molar-refractivity contribution in [2.45, 2.75) is 19.3 Å². The monoisotopic (exact) mass is 365 g/mol. The van der Waals surface area contributed by atoms with E-state index in [1.807, 2.05) is 0 Å². The zero-order valence-corrected chi connectivity index (χ0v) is 14.4. The number of fused-ring (bicyclic) bond motifs is 1. The highest BCUT2D eigenvalue weighted by Gasteiger charge is 2.27. The molecule has 0 saturated heterocycles. The molecule has 0 atom stereocenters. The predicted molar refractivity (Wildman–Crippen MR) is 93.2 cm³/mol. The number of amides is 1. The standard InChI is InChI=1S/C15H15N3O4S2/c1-21-14(20)11-8-4-2-6-10(8)24-13(11)16-15(23)18-17-12(19)9-5-3-7-22-9/h3,5,7H,2,4,6H2,1H3,(H,17,19)(H2,16,18,23). The van der Waals surface area contributed by atoms with Crippen LogP contribution in [0, 0.1) is 0 Å². The van der Waals surface area contributed by atoms with Gasteiger partial charge in [0.2, 0.25) is 0 Å². The largest absolute Gasteiger partial charge is 0.465 e.